The van der Waals surface area contributed by atoms with Gasteiger partial charge in [0, 0.05) is 19.3 Å². The fraction of sp³-hybridized carbons (Fsp3) is 0.538. The van der Waals surface area contributed by atoms with Gasteiger partial charge >= 0.3 is 0 Å². The molecule has 17 heavy (non-hydrogen) atoms. The van der Waals surface area contributed by atoms with Crippen molar-refractivity contribution in [2.75, 3.05) is 5.32 Å². The Balaban J connectivity index is 2.30. The van der Waals surface area contributed by atoms with E-state index in [0.29, 0.717) is 12.0 Å². The first-order chi connectivity index (χ1) is 8.13. The van der Waals surface area contributed by atoms with Gasteiger partial charge in [-0.1, -0.05) is 20.3 Å². The molecule has 2 aromatic heterocycles. The summed E-state index contributed by atoms with van der Waals surface area (Å²) in [5.74, 6) is 1.51. The van der Waals surface area contributed by atoms with Crippen molar-refractivity contribution < 1.29 is 0 Å². The second-order valence-corrected chi connectivity index (χ2v) is 4.70. The largest absolute Gasteiger partial charge is 0.365 e. The van der Waals surface area contributed by atoms with Gasteiger partial charge in [0.05, 0.1) is 11.8 Å². The molecule has 92 valence electrons. The van der Waals surface area contributed by atoms with Crippen LogP contribution in [0.15, 0.2) is 18.6 Å². The van der Waals surface area contributed by atoms with E-state index in [1.54, 1.807) is 0 Å². The summed E-state index contributed by atoms with van der Waals surface area (Å²) < 4.78 is 2.01. The van der Waals surface area contributed by atoms with Crippen molar-refractivity contribution in [3.63, 3.8) is 0 Å². The van der Waals surface area contributed by atoms with Crippen LogP contribution >= 0.6 is 0 Å². The summed E-state index contributed by atoms with van der Waals surface area (Å²) in [6, 6.07) is 2.39. The van der Waals surface area contributed by atoms with E-state index >= 15 is 0 Å². The van der Waals surface area contributed by atoms with Crippen LogP contribution in [0.3, 0.4) is 0 Å². The molecule has 0 aliphatic carbocycles. The normalized spacial score (nSPS) is 14.8. The zero-order chi connectivity index (χ0) is 12.4. The molecule has 2 unspecified atom stereocenters. The van der Waals surface area contributed by atoms with Crippen molar-refractivity contribution in [3.8, 4) is 0 Å². The van der Waals surface area contributed by atoms with Gasteiger partial charge in [-0.05, 0) is 18.9 Å². The molecular formula is C13H20N4. The van der Waals surface area contributed by atoms with Crippen LogP contribution in [0.25, 0.3) is 11.0 Å². The predicted molar refractivity (Wildman–Crippen MR) is 71.0 cm³/mol. The van der Waals surface area contributed by atoms with Crippen molar-refractivity contribution >= 4 is 16.9 Å². The Labute approximate surface area is 102 Å². The summed E-state index contributed by atoms with van der Waals surface area (Å²) in [6.07, 6.45) is 4.81. The molecule has 1 N–H and O–H groups in total. The van der Waals surface area contributed by atoms with Crippen LogP contribution in [0.5, 0.6) is 0 Å². The van der Waals surface area contributed by atoms with Crippen LogP contribution in [0.4, 0.5) is 5.82 Å². The quantitative estimate of drug-likeness (QED) is 0.881. The van der Waals surface area contributed by atoms with Gasteiger partial charge in [-0.15, -0.1) is 0 Å². The molecule has 4 heteroatoms. The van der Waals surface area contributed by atoms with Gasteiger partial charge in [0.25, 0.3) is 0 Å². The van der Waals surface area contributed by atoms with Gasteiger partial charge in [0.15, 0.2) is 5.82 Å². The van der Waals surface area contributed by atoms with Gasteiger partial charge in [0.1, 0.15) is 5.52 Å². The van der Waals surface area contributed by atoms with Crippen molar-refractivity contribution in [2.45, 2.75) is 33.2 Å². The second kappa shape index (κ2) is 4.73. The van der Waals surface area contributed by atoms with E-state index in [1.165, 1.54) is 0 Å². The number of aryl methyl sites for hydroxylation is 1. The molecule has 0 aliphatic rings. The standard InChI is InChI=1S/C13H20N4/c1-5-9(2)10(3)16-13-12-11(6-7-14-13)17(4)8-15-12/h6-10H,5H2,1-4H3,(H,14,16). The van der Waals surface area contributed by atoms with E-state index in [-0.39, 0.29) is 0 Å². The van der Waals surface area contributed by atoms with Crippen LogP contribution < -0.4 is 5.32 Å². The Kier molecular flexibility index (Phi) is 3.31. The van der Waals surface area contributed by atoms with Crippen LogP contribution in [0.2, 0.25) is 0 Å². The monoisotopic (exact) mass is 232 g/mol. The number of nitrogens with zero attached hydrogens (tertiary/aromatic N) is 3. The highest BCUT2D eigenvalue weighted by atomic mass is 15.1. The van der Waals surface area contributed by atoms with Crippen LogP contribution in [-0.2, 0) is 7.05 Å². The minimum absolute atomic E-state index is 0.403. The molecule has 2 atom stereocenters. The number of anilines is 1. The minimum atomic E-state index is 0.403. The van der Waals surface area contributed by atoms with Crippen molar-refractivity contribution in [1.29, 1.82) is 0 Å². The summed E-state index contributed by atoms with van der Waals surface area (Å²) in [6.45, 7) is 6.64. The third-order valence-corrected chi connectivity index (χ3v) is 3.50. The van der Waals surface area contributed by atoms with E-state index in [4.69, 9.17) is 0 Å². The molecule has 0 saturated carbocycles. The number of aromatic nitrogens is 3. The molecule has 2 aromatic rings. The maximum absolute atomic E-state index is 4.39. The van der Waals surface area contributed by atoms with Gasteiger partial charge in [-0.3, -0.25) is 0 Å². The fourth-order valence-corrected chi connectivity index (χ4v) is 1.88. The average Bonchev–Trinajstić information content (AvgIpc) is 2.71. The van der Waals surface area contributed by atoms with Crippen LogP contribution in [0, 0.1) is 5.92 Å². The lowest BCUT2D eigenvalue weighted by atomic mass is 10.0. The van der Waals surface area contributed by atoms with Crippen molar-refractivity contribution in [2.24, 2.45) is 13.0 Å². The number of hydrogen-bond acceptors (Lipinski definition) is 3. The number of pyridine rings is 1. The molecule has 0 saturated heterocycles. The molecule has 0 amide bonds. The summed E-state index contributed by atoms with van der Waals surface area (Å²) in [7, 11) is 2.00. The first-order valence-electron chi connectivity index (χ1n) is 6.16. The lowest BCUT2D eigenvalue weighted by molar-refractivity contribution is 0.494. The summed E-state index contributed by atoms with van der Waals surface area (Å²) in [5.41, 5.74) is 2.06. The maximum atomic E-state index is 4.39. The van der Waals surface area contributed by atoms with Gasteiger partial charge in [0.2, 0.25) is 0 Å². The Bertz CT molecular complexity index is 503. The smallest absolute Gasteiger partial charge is 0.154 e. The number of fused-ring (bicyclic) bond motifs is 1. The summed E-state index contributed by atoms with van der Waals surface area (Å²) in [5, 5.41) is 3.46. The minimum Gasteiger partial charge on any atom is -0.365 e. The van der Waals surface area contributed by atoms with E-state index in [0.717, 1.165) is 23.3 Å². The molecule has 2 heterocycles. The fourth-order valence-electron chi connectivity index (χ4n) is 1.88. The predicted octanol–water partition coefficient (Wildman–Crippen LogP) is 2.81. The SMILES string of the molecule is CCC(C)C(C)Nc1nccc2c1ncn2C. The second-order valence-electron chi connectivity index (χ2n) is 4.70. The maximum Gasteiger partial charge on any atom is 0.154 e. The molecule has 0 aliphatic heterocycles. The van der Waals surface area contributed by atoms with Crippen LogP contribution in [0.1, 0.15) is 27.2 Å². The summed E-state index contributed by atoms with van der Waals surface area (Å²) in [4.78, 5) is 8.78. The van der Waals surface area contributed by atoms with E-state index in [2.05, 4.69) is 36.1 Å². The lowest BCUT2D eigenvalue weighted by Gasteiger charge is -2.20. The lowest BCUT2D eigenvalue weighted by Crippen LogP contribution is -2.23. The topological polar surface area (TPSA) is 42.7 Å². The molecule has 0 spiro atoms. The Morgan fingerprint density at radius 2 is 2.12 bits per heavy atom. The highest BCUT2D eigenvalue weighted by Crippen LogP contribution is 2.21. The van der Waals surface area contributed by atoms with Gasteiger partial charge in [-0.25, -0.2) is 9.97 Å². The Hall–Kier alpha value is -1.58. The first-order valence-corrected chi connectivity index (χ1v) is 6.16. The highest BCUT2D eigenvalue weighted by Gasteiger charge is 2.13. The van der Waals surface area contributed by atoms with Crippen molar-refractivity contribution in [3.05, 3.63) is 18.6 Å². The Morgan fingerprint density at radius 1 is 1.35 bits per heavy atom. The number of hydrogen-bond donors (Lipinski definition) is 1. The third-order valence-electron chi connectivity index (χ3n) is 3.50. The number of rotatable bonds is 4. The first kappa shape index (κ1) is 11.9. The molecule has 0 aromatic carbocycles. The number of nitrogens with one attached hydrogen (secondary N) is 1. The summed E-state index contributed by atoms with van der Waals surface area (Å²) >= 11 is 0. The molecule has 2 rings (SSSR count). The average molecular weight is 232 g/mol. The zero-order valence-electron chi connectivity index (χ0n) is 10.9. The molecule has 0 bridgehead atoms. The van der Waals surface area contributed by atoms with Crippen LogP contribution in [-0.4, -0.2) is 20.6 Å². The zero-order valence-corrected chi connectivity index (χ0v) is 10.9. The molecular weight excluding hydrogens is 212 g/mol. The third kappa shape index (κ3) is 2.25. The molecule has 4 nitrogen and oxygen atoms in total. The van der Waals surface area contributed by atoms with Crippen molar-refractivity contribution in [1.82, 2.24) is 14.5 Å². The van der Waals surface area contributed by atoms with Gasteiger partial charge in [-0.2, -0.15) is 0 Å². The molecule has 0 radical (unpaired) electrons. The van der Waals surface area contributed by atoms with E-state index in [9.17, 15) is 0 Å². The molecule has 0 fully saturated rings. The Morgan fingerprint density at radius 3 is 2.82 bits per heavy atom. The van der Waals surface area contributed by atoms with Gasteiger partial charge < -0.3 is 9.88 Å². The number of imidazole rings is 1. The highest BCUT2D eigenvalue weighted by molar-refractivity contribution is 5.85. The van der Waals surface area contributed by atoms with E-state index < -0.39 is 0 Å². The van der Waals surface area contributed by atoms with E-state index in [1.807, 2.05) is 30.2 Å².